The molecule has 1 aliphatic rings. The van der Waals surface area contributed by atoms with Gasteiger partial charge < -0.3 is 5.73 Å². The smallest absolute Gasteiger partial charge is 0.135 e. The Bertz CT molecular complexity index is 808. The van der Waals surface area contributed by atoms with E-state index in [0.717, 1.165) is 46.3 Å². The molecule has 4 heterocycles. The number of rotatable bonds is 2. The molecular formula is C13H14N6S2. The molecule has 6 nitrogen and oxygen atoms in total. The Labute approximate surface area is 129 Å². The van der Waals surface area contributed by atoms with E-state index in [1.54, 1.807) is 29.0 Å². The van der Waals surface area contributed by atoms with Crippen LogP contribution in [0, 0.1) is 6.92 Å². The van der Waals surface area contributed by atoms with E-state index in [0.29, 0.717) is 5.82 Å². The van der Waals surface area contributed by atoms with Crippen LogP contribution in [0.25, 0.3) is 10.2 Å². The van der Waals surface area contributed by atoms with Crippen molar-refractivity contribution in [3.63, 3.8) is 0 Å². The molecule has 3 aromatic heterocycles. The fourth-order valence-electron chi connectivity index (χ4n) is 2.73. The monoisotopic (exact) mass is 318 g/mol. The first-order chi connectivity index (χ1) is 10.2. The SMILES string of the molecule is Cc1nnc(CN2CCc3c(sc4ncnc(N)c34)C2)s1. The number of aryl methyl sites for hydroxylation is 1. The van der Waals surface area contributed by atoms with E-state index < -0.39 is 0 Å². The number of thiophene rings is 1. The van der Waals surface area contributed by atoms with Crippen LogP contribution < -0.4 is 5.73 Å². The van der Waals surface area contributed by atoms with Gasteiger partial charge in [0.05, 0.1) is 11.9 Å². The molecular weight excluding hydrogens is 304 g/mol. The molecule has 0 amide bonds. The molecule has 0 saturated carbocycles. The van der Waals surface area contributed by atoms with Gasteiger partial charge in [-0.25, -0.2) is 9.97 Å². The van der Waals surface area contributed by atoms with Gasteiger partial charge in [0.15, 0.2) is 0 Å². The van der Waals surface area contributed by atoms with Crippen molar-refractivity contribution in [3.05, 3.63) is 26.8 Å². The van der Waals surface area contributed by atoms with Crippen LogP contribution in [0.15, 0.2) is 6.33 Å². The molecule has 0 fully saturated rings. The quantitative estimate of drug-likeness (QED) is 0.778. The number of fused-ring (bicyclic) bond motifs is 3. The highest BCUT2D eigenvalue weighted by molar-refractivity contribution is 7.19. The lowest BCUT2D eigenvalue weighted by Gasteiger charge is -2.25. The first kappa shape index (κ1) is 13.1. The molecule has 21 heavy (non-hydrogen) atoms. The maximum Gasteiger partial charge on any atom is 0.135 e. The lowest BCUT2D eigenvalue weighted by Crippen LogP contribution is -2.29. The molecule has 108 valence electrons. The van der Waals surface area contributed by atoms with Crippen molar-refractivity contribution >= 4 is 38.7 Å². The van der Waals surface area contributed by atoms with E-state index in [4.69, 9.17) is 5.73 Å². The molecule has 0 aromatic carbocycles. The molecule has 0 bridgehead atoms. The van der Waals surface area contributed by atoms with E-state index in [-0.39, 0.29) is 0 Å². The van der Waals surface area contributed by atoms with Gasteiger partial charge in [0.2, 0.25) is 0 Å². The van der Waals surface area contributed by atoms with Crippen LogP contribution in [0.5, 0.6) is 0 Å². The van der Waals surface area contributed by atoms with Crippen molar-refractivity contribution in [1.29, 1.82) is 0 Å². The molecule has 3 aromatic rings. The zero-order chi connectivity index (χ0) is 14.4. The van der Waals surface area contributed by atoms with Crippen LogP contribution in [-0.4, -0.2) is 31.6 Å². The van der Waals surface area contributed by atoms with E-state index in [1.165, 1.54) is 10.4 Å². The van der Waals surface area contributed by atoms with E-state index in [2.05, 4.69) is 25.1 Å². The van der Waals surface area contributed by atoms with Crippen molar-refractivity contribution in [2.75, 3.05) is 12.3 Å². The van der Waals surface area contributed by atoms with Crippen LogP contribution in [0.1, 0.15) is 20.5 Å². The van der Waals surface area contributed by atoms with Crippen molar-refractivity contribution in [2.24, 2.45) is 0 Å². The molecule has 0 spiro atoms. The highest BCUT2D eigenvalue weighted by atomic mass is 32.1. The third-order valence-corrected chi connectivity index (χ3v) is 5.62. The van der Waals surface area contributed by atoms with Gasteiger partial charge in [-0.1, -0.05) is 0 Å². The number of aromatic nitrogens is 4. The summed E-state index contributed by atoms with van der Waals surface area (Å²) in [4.78, 5) is 13.2. The molecule has 1 aliphatic heterocycles. The molecule has 8 heteroatoms. The zero-order valence-electron chi connectivity index (χ0n) is 11.5. The van der Waals surface area contributed by atoms with Crippen molar-refractivity contribution in [1.82, 2.24) is 25.1 Å². The third-order valence-electron chi connectivity index (χ3n) is 3.67. The van der Waals surface area contributed by atoms with Crippen LogP contribution >= 0.6 is 22.7 Å². The van der Waals surface area contributed by atoms with Crippen molar-refractivity contribution < 1.29 is 0 Å². The van der Waals surface area contributed by atoms with Crippen LogP contribution in [-0.2, 0) is 19.5 Å². The Balaban J connectivity index is 1.63. The maximum absolute atomic E-state index is 6.01. The summed E-state index contributed by atoms with van der Waals surface area (Å²) < 4.78 is 0. The summed E-state index contributed by atoms with van der Waals surface area (Å²) in [5.74, 6) is 0.602. The highest BCUT2D eigenvalue weighted by Crippen LogP contribution is 2.36. The third kappa shape index (κ3) is 2.29. The normalized spacial score (nSPS) is 15.5. The number of anilines is 1. The highest BCUT2D eigenvalue weighted by Gasteiger charge is 2.23. The van der Waals surface area contributed by atoms with Crippen LogP contribution in [0.2, 0.25) is 0 Å². The Morgan fingerprint density at radius 1 is 1.29 bits per heavy atom. The molecule has 0 radical (unpaired) electrons. The topological polar surface area (TPSA) is 80.8 Å². The predicted octanol–water partition coefficient (Wildman–Crippen LogP) is 1.99. The Kier molecular flexibility index (Phi) is 3.09. The zero-order valence-corrected chi connectivity index (χ0v) is 13.2. The second-order valence-electron chi connectivity index (χ2n) is 5.12. The largest absolute Gasteiger partial charge is 0.383 e. The van der Waals surface area contributed by atoms with E-state index in [9.17, 15) is 0 Å². The van der Waals surface area contributed by atoms with Gasteiger partial charge in [-0.05, 0) is 18.9 Å². The first-order valence-electron chi connectivity index (χ1n) is 6.73. The number of nitrogen functional groups attached to an aromatic ring is 1. The van der Waals surface area contributed by atoms with Gasteiger partial charge in [0.25, 0.3) is 0 Å². The number of hydrogen-bond acceptors (Lipinski definition) is 8. The summed E-state index contributed by atoms with van der Waals surface area (Å²) in [7, 11) is 0. The Morgan fingerprint density at radius 2 is 2.19 bits per heavy atom. The fraction of sp³-hybridized carbons (Fsp3) is 0.385. The van der Waals surface area contributed by atoms with Gasteiger partial charge in [-0.15, -0.1) is 32.9 Å². The summed E-state index contributed by atoms with van der Waals surface area (Å²) in [6.45, 7) is 4.78. The molecule has 2 N–H and O–H groups in total. The van der Waals surface area contributed by atoms with Crippen LogP contribution in [0.4, 0.5) is 5.82 Å². The minimum atomic E-state index is 0.602. The summed E-state index contributed by atoms with van der Waals surface area (Å²) in [5.41, 5.74) is 7.34. The predicted molar refractivity (Wildman–Crippen MR) is 84.3 cm³/mol. The van der Waals surface area contributed by atoms with Crippen molar-refractivity contribution in [2.45, 2.75) is 26.4 Å². The Hall–Kier alpha value is -1.64. The van der Waals surface area contributed by atoms with E-state index >= 15 is 0 Å². The average Bonchev–Trinajstić information content (AvgIpc) is 3.02. The minimum Gasteiger partial charge on any atom is -0.383 e. The van der Waals surface area contributed by atoms with Crippen LogP contribution in [0.3, 0.4) is 0 Å². The molecule has 0 aliphatic carbocycles. The first-order valence-corrected chi connectivity index (χ1v) is 8.36. The summed E-state index contributed by atoms with van der Waals surface area (Å²) in [5, 5.41) is 11.5. The summed E-state index contributed by atoms with van der Waals surface area (Å²) in [6.07, 6.45) is 2.53. The number of hydrogen-bond donors (Lipinski definition) is 1. The van der Waals surface area contributed by atoms with Gasteiger partial charge in [-0.3, -0.25) is 4.90 Å². The van der Waals surface area contributed by atoms with Gasteiger partial charge in [0.1, 0.15) is 27.0 Å². The summed E-state index contributed by atoms with van der Waals surface area (Å²) in [6, 6.07) is 0. The fourth-order valence-corrected chi connectivity index (χ4v) is 4.72. The van der Waals surface area contributed by atoms with Gasteiger partial charge in [-0.2, -0.15) is 0 Å². The molecule has 0 atom stereocenters. The lowest BCUT2D eigenvalue weighted by atomic mass is 10.1. The second-order valence-corrected chi connectivity index (χ2v) is 7.47. The lowest BCUT2D eigenvalue weighted by molar-refractivity contribution is 0.248. The van der Waals surface area contributed by atoms with E-state index in [1.807, 2.05) is 6.92 Å². The standard InChI is InChI=1S/C13H14N6S2/c1-7-17-18-10(20-7)5-19-3-2-8-9(4-19)21-13-11(8)12(14)15-6-16-13/h6H,2-5H2,1H3,(H2,14,15,16). The molecule has 4 rings (SSSR count). The molecule has 0 saturated heterocycles. The van der Waals surface area contributed by atoms with Gasteiger partial charge in [0, 0.05) is 18.0 Å². The maximum atomic E-state index is 6.01. The van der Waals surface area contributed by atoms with Crippen molar-refractivity contribution in [3.8, 4) is 0 Å². The Morgan fingerprint density at radius 3 is 3.00 bits per heavy atom. The average molecular weight is 318 g/mol. The number of nitrogens with zero attached hydrogens (tertiary/aromatic N) is 5. The number of nitrogens with two attached hydrogens (primary N) is 1. The second kappa shape index (κ2) is 4.97. The minimum absolute atomic E-state index is 0.602. The van der Waals surface area contributed by atoms with Gasteiger partial charge >= 0.3 is 0 Å². The molecule has 0 unspecified atom stereocenters. The summed E-state index contributed by atoms with van der Waals surface area (Å²) >= 11 is 3.40.